The predicted molar refractivity (Wildman–Crippen MR) is 65.8 cm³/mol. The maximum Gasteiger partial charge on any atom is 0.356 e. The van der Waals surface area contributed by atoms with Crippen molar-refractivity contribution >= 4 is 11.9 Å². The minimum atomic E-state index is -1.07. The number of carboxylic acid groups (broad SMARTS) is 1. The van der Waals surface area contributed by atoms with Crippen molar-refractivity contribution in [1.29, 1.82) is 0 Å². The van der Waals surface area contributed by atoms with Gasteiger partial charge in [0.1, 0.15) is 0 Å². The normalized spacial score (nSPS) is 18.4. The Balaban J connectivity index is 1.68. The molecule has 2 heterocycles. The molecular weight excluding hydrogens is 250 g/mol. The molecule has 0 aromatic carbocycles. The van der Waals surface area contributed by atoms with Crippen LogP contribution in [0.1, 0.15) is 29.8 Å². The molecule has 2 N–H and O–H groups in total. The molecule has 0 aliphatic carbocycles. The third kappa shape index (κ3) is 4.06. The lowest BCUT2D eigenvalue weighted by atomic mass is 10.2. The number of ether oxygens (including phenoxy) is 1. The van der Waals surface area contributed by atoms with E-state index in [9.17, 15) is 9.59 Å². The van der Waals surface area contributed by atoms with Gasteiger partial charge in [0, 0.05) is 32.3 Å². The number of hydrogen-bond acceptors (Lipinski definition) is 4. The number of nitrogens with one attached hydrogen (secondary N) is 1. The Hall–Kier alpha value is -1.89. The van der Waals surface area contributed by atoms with Gasteiger partial charge >= 0.3 is 5.97 Å². The van der Waals surface area contributed by atoms with Crippen LogP contribution in [-0.4, -0.2) is 46.0 Å². The van der Waals surface area contributed by atoms with Gasteiger partial charge in [-0.05, 0) is 18.9 Å². The molecule has 19 heavy (non-hydrogen) atoms. The number of aryl methyl sites for hydroxylation is 1. The fourth-order valence-corrected chi connectivity index (χ4v) is 1.94. The summed E-state index contributed by atoms with van der Waals surface area (Å²) in [7, 11) is 0. The highest BCUT2D eigenvalue weighted by Gasteiger charge is 2.16. The minimum Gasteiger partial charge on any atom is -0.476 e. The number of carbonyl (C=O) groups is 2. The van der Waals surface area contributed by atoms with Crippen molar-refractivity contribution in [1.82, 2.24) is 15.1 Å². The van der Waals surface area contributed by atoms with Gasteiger partial charge in [-0.25, -0.2) is 4.79 Å². The first-order valence-corrected chi connectivity index (χ1v) is 6.30. The molecule has 104 valence electrons. The summed E-state index contributed by atoms with van der Waals surface area (Å²) in [6.45, 7) is 1.68. The molecule has 7 heteroatoms. The van der Waals surface area contributed by atoms with Gasteiger partial charge in [-0.15, -0.1) is 0 Å². The third-order valence-corrected chi connectivity index (χ3v) is 2.98. The summed E-state index contributed by atoms with van der Waals surface area (Å²) in [5, 5.41) is 15.3. The second-order valence-electron chi connectivity index (χ2n) is 4.46. The number of carbonyl (C=O) groups excluding carboxylic acids is 1. The van der Waals surface area contributed by atoms with Crippen molar-refractivity contribution in [3.8, 4) is 0 Å². The summed E-state index contributed by atoms with van der Waals surface area (Å²) in [4.78, 5) is 22.2. The number of nitrogens with zero attached hydrogens (tertiary/aromatic N) is 2. The van der Waals surface area contributed by atoms with E-state index in [1.165, 1.54) is 10.7 Å². The zero-order valence-electron chi connectivity index (χ0n) is 10.5. The lowest BCUT2D eigenvalue weighted by Gasteiger charge is -2.10. The number of aromatic nitrogens is 2. The summed E-state index contributed by atoms with van der Waals surface area (Å²) in [6.07, 6.45) is 3.99. The highest BCUT2D eigenvalue weighted by atomic mass is 16.5. The van der Waals surface area contributed by atoms with Gasteiger partial charge in [0.15, 0.2) is 5.69 Å². The number of amides is 1. The summed E-state index contributed by atoms with van der Waals surface area (Å²) < 4.78 is 6.85. The quantitative estimate of drug-likeness (QED) is 0.771. The van der Waals surface area contributed by atoms with Crippen molar-refractivity contribution in [2.45, 2.75) is 31.9 Å². The van der Waals surface area contributed by atoms with Gasteiger partial charge in [-0.3, -0.25) is 9.48 Å². The Morgan fingerprint density at radius 3 is 3.05 bits per heavy atom. The molecule has 1 aliphatic heterocycles. The van der Waals surface area contributed by atoms with Crippen molar-refractivity contribution < 1.29 is 19.4 Å². The minimum absolute atomic E-state index is 0.0141. The largest absolute Gasteiger partial charge is 0.476 e. The van der Waals surface area contributed by atoms with Crippen LogP contribution in [0.3, 0.4) is 0 Å². The Bertz CT molecular complexity index is 452. The number of carboxylic acids is 1. The average Bonchev–Trinajstić information content (AvgIpc) is 3.05. The van der Waals surface area contributed by atoms with Crippen LogP contribution in [-0.2, 0) is 16.1 Å². The van der Waals surface area contributed by atoms with E-state index in [0.717, 1.165) is 19.4 Å². The Kier molecular flexibility index (Phi) is 4.51. The standard InChI is InChI=1S/C12H17N3O4/c16-11(13-8-9-2-1-7-19-9)4-6-15-5-3-10(14-15)12(17)18/h3,5,9H,1-2,4,6-8H2,(H,13,16)(H,17,18). The van der Waals surface area contributed by atoms with Crippen LogP contribution in [0.25, 0.3) is 0 Å². The maximum atomic E-state index is 11.6. The molecule has 1 aromatic heterocycles. The Morgan fingerprint density at radius 2 is 2.42 bits per heavy atom. The van der Waals surface area contributed by atoms with Gasteiger partial charge in [-0.2, -0.15) is 5.10 Å². The van der Waals surface area contributed by atoms with E-state index >= 15 is 0 Å². The van der Waals surface area contributed by atoms with Gasteiger partial charge in [0.25, 0.3) is 0 Å². The van der Waals surface area contributed by atoms with Crippen LogP contribution in [0.15, 0.2) is 12.3 Å². The number of rotatable bonds is 6. The smallest absolute Gasteiger partial charge is 0.356 e. The SMILES string of the molecule is O=C(CCn1ccc(C(=O)O)n1)NCC1CCCO1. The van der Waals surface area contributed by atoms with Crippen LogP contribution in [0.4, 0.5) is 0 Å². The van der Waals surface area contributed by atoms with Gasteiger partial charge < -0.3 is 15.2 Å². The number of aromatic carboxylic acids is 1. The lowest BCUT2D eigenvalue weighted by molar-refractivity contribution is -0.121. The first kappa shape index (κ1) is 13.5. The summed E-state index contributed by atoms with van der Waals surface area (Å²) in [5.74, 6) is -1.15. The fourth-order valence-electron chi connectivity index (χ4n) is 1.94. The monoisotopic (exact) mass is 267 g/mol. The second kappa shape index (κ2) is 6.33. The molecule has 0 spiro atoms. The highest BCUT2D eigenvalue weighted by molar-refractivity contribution is 5.85. The summed E-state index contributed by atoms with van der Waals surface area (Å²) >= 11 is 0. The lowest BCUT2D eigenvalue weighted by Crippen LogP contribution is -2.32. The molecule has 1 unspecified atom stereocenters. The van der Waals surface area contributed by atoms with Crippen molar-refractivity contribution in [2.24, 2.45) is 0 Å². The Labute approximate surface area is 110 Å². The average molecular weight is 267 g/mol. The summed E-state index contributed by atoms with van der Waals surface area (Å²) in [6, 6.07) is 1.41. The van der Waals surface area contributed by atoms with E-state index in [1.54, 1.807) is 6.20 Å². The fraction of sp³-hybridized carbons (Fsp3) is 0.583. The maximum absolute atomic E-state index is 11.6. The van der Waals surface area contributed by atoms with Crippen LogP contribution in [0.2, 0.25) is 0 Å². The molecule has 1 aromatic rings. The van der Waals surface area contributed by atoms with Crippen molar-refractivity contribution in [2.75, 3.05) is 13.2 Å². The van der Waals surface area contributed by atoms with E-state index in [0.29, 0.717) is 13.1 Å². The number of hydrogen-bond donors (Lipinski definition) is 2. The van der Waals surface area contributed by atoms with Crippen molar-refractivity contribution in [3.05, 3.63) is 18.0 Å². The molecule has 0 saturated carbocycles. The van der Waals surface area contributed by atoms with Gasteiger partial charge in [-0.1, -0.05) is 0 Å². The molecule has 1 fully saturated rings. The van der Waals surface area contributed by atoms with E-state index in [1.807, 2.05) is 0 Å². The van der Waals surface area contributed by atoms with E-state index in [4.69, 9.17) is 9.84 Å². The van der Waals surface area contributed by atoms with E-state index in [-0.39, 0.29) is 24.1 Å². The molecule has 0 radical (unpaired) electrons. The topological polar surface area (TPSA) is 93.5 Å². The molecule has 1 atom stereocenters. The van der Waals surface area contributed by atoms with Crippen LogP contribution < -0.4 is 5.32 Å². The molecule has 0 bridgehead atoms. The molecule has 2 rings (SSSR count). The highest BCUT2D eigenvalue weighted by Crippen LogP contribution is 2.10. The summed E-state index contributed by atoms with van der Waals surface area (Å²) in [5.41, 5.74) is -0.0141. The van der Waals surface area contributed by atoms with Gasteiger partial charge in [0.2, 0.25) is 5.91 Å². The zero-order valence-corrected chi connectivity index (χ0v) is 10.5. The Morgan fingerprint density at radius 1 is 1.58 bits per heavy atom. The van der Waals surface area contributed by atoms with E-state index < -0.39 is 5.97 Å². The predicted octanol–water partition coefficient (Wildman–Crippen LogP) is 0.267. The second-order valence-corrected chi connectivity index (χ2v) is 4.46. The first-order chi connectivity index (χ1) is 9.15. The molecule has 7 nitrogen and oxygen atoms in total. The first-order valence-electron chi connectivity index (χ1n) is 6.30. The third-order valence-electron chi connectivity index (χ3n) is 2.98. The van der Waals surface area contributed by atoms with Crippen molar-refractivity contribution in [3.63, 3.8) is 0 Å². The molecule has 1 amide bonds. The van der Waals surface area contributed by atoms with E-state index in [2.05, 4.69) is 10.4 Å². The zero-order chi connectivity index (χ0) is 13.7. The van der Waals surface area contributed by atoms with Crippen LogP contribution in [0.5, 0.6) is 0 Å². The van der Waals surface area contributed by atoms with Crippen LogP contribution in [0, 0.1) is 0 Å². The molecule has 1 aliphatic rings. The molecule has 1 saturated heterocycles. The van der Waals surface area contributed by atoms with Gasteiger partial charge in [0.05, 0.1) is 6.10 Å². The van der Waals surface area contributed by atoms with Crippen LogP contribution >= 0.6 is 0 Å². The molecular formula is C12H17N3O4.